The van der Waals surface area contributed by atoms with Gasteiger partial charge in [0.05, 0.1) is 12.8 Å². The zero-order valence-corrected chi connectivity index (χ0v) is 18.7. The average Bonchev–Trinajstić information content (AvgIpc) is 3.43. The van der Waals surface area contributed by atoms with E-state index < -0.39 is 11.5 Å². The van der Waals surface area contributed by atoms with Crippen molar-refractivity contribution in [2.75, 3.05) is 17.7 Å². The molecule has 3 aliphatic rings. The topological polar surface area (TPSA) is 124 Å². The molecule has 0 unspecified atom stereocenters. The number of anilines is 2. The van der Waals surface area contributed by atoms with Gasteiger partial charge in [-0.1, -0.05) is 11.3 Å². The SMILES string of the molecule is COc1c(NC23CCC(CC2)CC3)cc(C(=O)Nc2nnc(-n3nccc3C)s2)oc1=O. The maximum atomic E-state index is 12.8. The second kappa shape index (κ2) is 8.05. The molecule has 32 heavy (non-hydrogen) atoms. The number of nitrogens with zero attached hydrogens (tertiary/aromatic N) is 4. The van der Waals surface area contributed by atoms with Crippen LogP contribution in [0.1, 0.15) is 54.8 Å². The number of carbonyl (C=O) groups is 1. The number of amides is 1. The van der Waals surface area contributed by atoms with Crippen LogP contribution in [0.4, 0.5) is 10.8 Å². The molecule has 0 radical (unpaired) electrons. The predicted octanol–water partition coefficient (Wildman–Crippen LogP) is 3.38. The minimum Gasteiger partial charge on any atom is -0.488 e. The Morgan fingerprint density at radius 1 is 1.28 bits per heavy atom. The summed E-state index contributed by atoms with van der Waals surface area (Å²) in [7, 11) is 1.42. The highest BCUT2D eigenvalue weighted by Gasteiger charge is 2.41. The van der Waals surface area contributed by atoms with Crippen molar-refractivity contribution in [1.29, 1.82) is 0 Å². The lowest BCUT2D eigenvalue weighted by atomic mass is 9.66. The quantitative estimate of drug-likeness (QED) is 0.578. The summed E-state index contributed by atoms with van der Waals surface area (Å²) in [6.07, 6.45) is 8.33. The highest BCUT2D eigenvalue weighted by molar-refractivity contribution is 7.17. The molecular weight excluding hydrogens is 432 g/mol. The van der Waals surface area contributed by atoms with Crippen molar-refractivity contribution in [3.8, 4) is 10.9 Å². The monoisotopic (exact) mass is 456 g/mol. The Morgan fingerprint density at radius 2 is 2.03 bits per heavy atom. The van der Waals surface area contributed by atoms with Crippen molar-refractivity contribution in [2.24, 2.45) is 5.92 Å². The first kappa shape index (κ1) is 20.7. The van der Waals surface area contributed by atoms with Crippen molar-refractivity contribution in [3.63, 3.8) is 0 Å². The van der Waals surface area contributed by atoms with Gasteiger partial charge in [-0.3, -0.25) is 10.1 Å². The molecule has 1 amide bonds. The summed E-state index contributed by atoms with van der Waals surface area (Å²) in [5.74, 6) is 0.185. The third kappa shape index (κ3) is 3.77. The maximum absolute atomic E-state index is 12.8. The lowest BCUT2D eigenvalue weighted by Gasteiger charge is -2.47. The van der Waals surface area contributed by atoms with Crippen molar-refractivity contribution in [1.82, 2.24) is 20.0 Å². The van der Waals surface area contributed by atoms with Crippen LogP contribution in [-0.4, -0.2) is 38.5 Å². The number of nitrogens with one attached hydrogen (secondary N) is 2. The largest absolute Gasteiger partial charge is 0.488 e. The van der Waals surface area contributed by atoms with Crippen LogP contribution in [0, 0.1) is 12.8 Å². The molecule has 2 N–H and O–H groups in total. The first-order valence-corrected chi connectivity index (χ1v) is 11.4. The lowest BCUT2D eigenvalue weighted by Crippen LogP contribution is -2.46. The molecule has 3 aromatic heterocycles. The number of aryl methyl sites for hydroxylation is 1. The minimum absolute atomic E-state index is 0.0701. The van der Waals surface area contributed by atoms with Gasteiger partial charge in [0.2, 0.25) is 16.0 Å². The van der Waals surface area contributed by atoms with Gasteiger partial charge >= 0.3 is 5.63 Å². The van der Waals surface area contributed by atoms with Crippen LogP contribution in [0.3, 0.4) is 0 Å². The second-order valence-electron chi connectivity index (χ2n) is 8.46. The number of ether oxygens (including phenoxy) is 1. The second-order valence-corrected chi connectivity index (χ2v) is 9.42. The van der Waals surface area contributed by atoms with Crippen molar-refractivity contribution in [2.45, 2.75) is 51.0 Å². The number of hydrogen-bond acceptors (Lipinski definition) is 9. The van der Waals surface area contributed by atoms with E-state index >= 15 is 0 Å². The smallest absolute Gasteiger partial charge is 0.381 e. The van der Waals surface area contributed by atoms with E-state index in [1.807, 2.05) is 13.0 Å². The van der Waals surface area contributed by atoms with Crippen molar-refractivity contribution < 1.29 is 13.9 Å². The molecule has 3 aliphatic carbocycles. The van der Waals surface area contributed by atoms with E-state index in [2.05, 4.69) is 25.9 Å². The van der Waals surface area contributed by atoms with E-state index in [9.17, 15) is 9.59 Å². The number of aromatic nitrogens is 4. The number of carbonyl (C=O) groups excluding carboxylic acids is 1. The fraction of sp³-hybridized carbons (Fsp3) is 0.476. The van der Waals surface area contributed by atoms with Gasteiger partial charge in [0.15, 0.2) is 5.76 Å². The Balaban J connectivity index is 1.39. The van der Waals surface area contributed by atoms with E-state index in [1.165, 1.54) is 43.8 Å². The first-order chi connectivity index (χ1) is 15.5. The van der Waals surface area contributed by atoms with Crippen molar-refractivity contribution in [3.05, 3.63) is 40.2 Å². The zero-order chi connectivity index (χ0) is 22.3. The Morgan fingerprint density at radius 3 is 2.69 bits per heavy atom. The Hall–Kier alpha value is -3.21. The van der Waals surface area contributed by atoms with Crippen molar-refractivity contribution >= 4 is 28.1 Å². The lowest BCUT2D eigenvalue weighted by molar-refractivity contribution is 0.0991. The van der Waals surface area contributed by atoms with Crippen LogP contribution < -0.4 is 21.0 Å². The van der Waals surface area contributed by atoms with E-state index in [0.717, 1.165) is 30.9 Å². The Labute approximate surface area is 188 Å². The molecular formula is C21H24N6O4S. The predicted molar refractivity (Wildman–Crippen MR) is 119 cm³/mol. The Kier molecular flexibility index (Phi) is 5.20. The molecule has 6 rings (SSSR count). The molecule has 3 aromatic rings. The molecule has 0 atom stereocenters. The molecule has 2 bridgehead atoms. The van der Waals surface area contributed by atoms with Crippen LogP contribution in [-0.2, 0) is 0 Å². The van der Waals surface area contributed by atoms with Crippen LogP contribution >= 0.6 is 11.3 Å². The maximum Gasteiger partial charge on any atom is 0.381 e. The standard InChI is InChI=1S/C21H24N6O4S/c1-12-6-10-22-27(12)20-26-25-19(32-20)23-17(28)15-11-14(16(30-2)18(29)31-15)24-21-7-3-13(4-8-21)5-9-21/h6,10-11,13,24H,3-5,7-9H2,1-2H3,(H,23,25,28). The first-order valence-electron chi connectivity index (χ1n) is 10.6. The van der Waals surface area contributed by atoms with Gasteiger partial charge in [0, 0.05) is 23.5 Å². The van der Waals surface area contributed by atoms with Crippen LogP contribution in [0.25, 0.3) is 5.13 Å². The molecule has 3 fully saturated rings. The van der Waals surface area contributed by atoms with E-state index in [4.69, 9.17) is 9.15 Å². The van der Waals surface area contributed by atoms with Gasteiger partial charge < -0.3 is 14.5 Å². The van der Waals surface area contributed by atoms with Gasteiger partial charge in [-0.2, -0.15) is 5.10 Å². The van der Waals surface area contributed by atoms with Crippen LogP contribution in [0.5, 0.6) is 5.75 Å². The molecule has 3 heterocycles. The fourth-order valence-electron chi connectivity index (χ4n) is 4.68. The molecule has 168 valence electrons. The van der Waals surface area contributed by atoms with Gasteiger partial charge in [-0.05, 0) is 57.4 Å². The average molecular weight is 457 g/mol. The summed E-state index contributed by atoms with van der Waals surface area (Å²) >= 11 is 1.17. The molecule has 0 spiro atoms. The summed E-state index contributed by atoms with van der Waals surface area (Å²) in [6, 6.07) is 3.38. The molecule has 3 saturated carbocycles. The van der Waals surface area contributed by atoms with E-state index in [1.54, 1.807) is 10.9 Å². The summed E-state index contributed by atoms with van der Waals surface area (Å²) in [6.45, 7) is 1.89. The minimum atomic E-state index is -0.700. The number of hydrogen-bond donors (Lipinski definition) is 2. The molecule has 0 aromatic carbocycles. The normalized spacial score (nSPS) is 22.0. The van der Waals surface area contributed by atoms with Gasteiger partial charge in [-0.25, -0.2) is 9.48 Å². The molecule has 0 saturated heterocycles. The third-order valence-electron chi connectivity index (χ3n) is 6.48. The third-order valence-corrected chi connectivity index (χ3v) is 7.29. The Bertz CT molecular complexity index is 1190. The highest BCUT2D eigenvalue weighted by atomic mass is 32.1. The highest BCUT2D eigenvalue weighted by Crippen LogP contribution is 2.46. The van der Waals surface area contributed by atoms with Gasteiger partial charge in [-0.15, -0.1) is 10.2 Å². The fourth-order valence-corrected chi connectivity index (χ4v) is 5.44. The summed E-state index contributed by atoms with van der Waals surface area (Å²) in [5.41, 5.74) is 0.610. The number of rotatable bonds is 6. The zero-order valence-electron chi connectivity index (χ0n) is 17.9. The molecule has 0 aliphatic heterocycles. The number of fused-ring (bicyclic) bond motifs is 3. The van der Waals surface area contributed by atoms with E-state index in [0.29, 0.717) is 10.8 Å². The summed E-state index contributed by atoms with van der Waals surface area (Å²) in [4.78, 5) is 25.4. The molecule has 11 heteroatoms. The van der Waals surface area contributed by atoms with Gasteiger partial charge in [0.1, 0.15) is 0 Å². The van der Waals surface area contributed by atoms with Crippen LogP contribution in [0.15, 0.2) is 27.5 Å². The number of methoxy groups -OCH3 is 1. The molecule has 10 nitrogen and oxygen atoms in total. The van der Waals surface area contributed by atoms with E-state index in [-0.39, 0.29) is 22.2 Å². The summed E-state index contributed by atoms with van der Waals surface area (Å²) < 4.78 is 12.2. The van der Waals surface area contributed by atoms with Gasteiger partial charge in [0.25, 0.3) is 5.91 Å². The summed E-state index contributed by atoms with van der Waals surface area (Å²) in [5, 5.41) is 19.2. The van der Waals surface area contributed by atoms with Crippen LogP contribution in [0.2, 0.25) is 0 Å².